The first-order valence-corrected chi connectivity index (χ1v) is 6.72. The zero-order valence-corrected chi connectivity index (χ0v) is 11.6. The molecule has 0 saturated carbocycles. The molecule has 1 aliphatic heterocycles. The number of nitrogens with two attached hydrogens (primary N) is 1. The van der Waals surface area contributed by atoms with Crippen LogP contribution in [0.15, 0.2) is 24.3 Å². The molecule has 20 heavy (non-hydrogen) atoms. The van der Waals surface area contributed by atoms with Crippen LogP contribution in [0.2, 0.25) is 0 Å². The van der Waals surface area contributed by atoms with Gasteiger partial charge < -0.3 is 15.8 Å². The smallest absolute Gasteiger partial charge is 0.220 e. The molecule has 1 aliphatic rings. The summed E-state index contributed by atoms with van der Waals surface area (Å²) in [5.41, 5.74) is 6.93. The molecule has 0 aliphatic carbocycles. The Balaban J connectivity index is 1.84. The van der Waals surface area contributed by atoms with E-state index < -0.39 is 11.4 Å². The molecule has 0 atom stereocenters. The standard InChI is InChI=1S/C15H20N2O3/c1-11-3-2-4-12(7-11)5-6-14(19)17-15(8-13(16)18)9-20-10-15/h2-4,7H,5-6,8-10H2,1H3,(H2,16,18)(H,17,19). The van der Waals surface area contributed by atoms with E-state index in [9.17, 15) is 9.59 Å². The summed E-state index contributed by atoms with van der Waals surface area (Å²) in [6, 6.07) is 8.08. The van der Waals surface area contributed by atoms with E-state index in [0.29, 0.717) is 26.1 Å². The second kappa shape index (κ2) is 6.05. The zero-order valence-electron chi connectivity index (χ0n) is 11.6. The average Bonchev–Trinajstić information content (AvgIpc) is 2.33. The first-order valence-electron chi connectivity index (χ1n) is 6.72. The Hall–Kier alpha value is -1.88. The highest BCUT2D eigenvalue weighted by Crippen LogP contribution is 2.21. The van der Waals surface area contributed by atoms with Crippen LogP contribution < -0.4 is 11.1 Å². The number of hydrogen-bond acceptors (Lipinski definition) is 3. The maximum Gasteiger partial charge on any atom is 0.220 e. The molecule has 1 saturated heterocycles. The van der Waals surface area contributed by atoms with Crippen molar-refractivity contribution in [1.29, 1.82) is 0 Å². The van der Waals surface area contributed by atoms with Gasteiger partial charge in [-0.15, -0.1) is 0 Å². The van der Waals surface area contributed by atoms with Crippen LogP contribution in [0.25, 0.3) is 0 Å². The summed E-state index contributed by atoms with van der Waals surface area (Å²) in [5.74, 6) is -0.497. The van der Waals surface area contributed by atoms with Crippen LogP contribution in [-0.2, 0) is 20.7 Å². The minimum Gasteiger partial charge on any atom is -0.376 e. The Bertz CT molecular complexity index is 510. The number of rotatable bonds is 6. The lowest BCUT2D eigenvalue weighted by atomic mass is 9.92. The fourth-order valence-electron chi connectivity index (χ4n) is 2.38. The molecule has 3 N–H and O–H groups in total. The monoisotopic (exact) mass is 276 g/mol. The van der Waals surface area contributed by atoms with Crippen molar-refractivity contribution in [3.8, 4) is 0 Å². The minimum absolute atomic E-state index is 0.0731. The van der Waals surface area contributed by atoms with Crippen molar-refractivity contribution in [2.75, 3.05) is 13.2 Å². The van der Waals surface area contributed by atoms with Crippen molar-refractivity contribution in [2.45, 2.75) is 31.7 Å². The summed E-state index contributed by atoms with van der Waals surface area (Å²) in [6.07, 6.45) is 1.20. The largest absolute Gasteiger partial charge is 0.376 e. The topological polar surface area (TPSA) is 81.4 Å². The predicted octanol–water partition coefficient (Wildman–Crippen LogP) is 0.688. The lowest BCUT2D eigenvalue weighted by molar-refractivity contribution is -0.138. The number of carbonyl (C=O) groups is 2. The van der Waals surface area contributed by atoms with Crippen LogP contribution in [0.4, 0.5) is 0 Å². The third-order valence-electron chi connectivity index (χ3n) is 3.40. The van der Waals surface area contributed by atoms with Gasteiger partial charge in [-0.2, -0.15) is 0 Å². The lowest BCUT2D eigenvalue weighted by Gasteiger charge is -2.41. The van der Waals surface area contributed by atoms with E-state index in [0.717, 1.165) is 5.56 Å². The van der Waals surface area contributed by atoms with E-state index in [4.69, 9.17) is 10.5 Å². The van der Waals surface area contributed by atoms with Crippen LogP contribution >= 0.6 is 0 Å². The molecule has 5 nitrogen and oxygen atoms in total. The van der Waals surface area contributed by atoms with E-state index in [1.807, 2.05) is 25.1 Å². The first-order chi connectivity index (χ1) is 9.49. The number of aryl methyl sites for hydroxylation is 2. The van der Waals surface area contributed by atoms with Gasteiger partial charge in [-0.1, -0.05) is 29.8 Å². The van der Waals surface area contributed by atoms with Gasteiger partial charge in [-0.3, -0.25) is 9.59 Å². The molecule has 1 aromatic carbocycles. The van der Waals surface area contributed by atoms with Gasteiger partial charge in [-0.25, -0.2) is 0 Å². The average molecular weight is 276 g/mol. The van der Waals surface area contributed by atoms with Gasteiger partial charge in [-0.05, 0) is 18.9 Å². The molecule has 2 amide bonds. The normalized spacial score (nSPS) is 16.2. The van der Waals surface area contributed by atoms with Crippen molar-refractivity contribution in [3.05, 3.63) is 35.4 Å². The quantitative estimate of drug-likeness (QED) is 0.802. The van der Waals surface area contributed by atoms with Crippen LogP contribution in [0.3, 0.4) is 0 Å². The Labute approximate surface area is 118 Å². The summed E-state index contributed by atoms with van der Waals surface area (Å²) >= 11 is 0. The Morgan fingerprint density at radius 1 is 1.40 bits per heavy atom. The molecule has 5 heteroatoms. The number of ether oxygens (including phenoxy) is 1. The van der Waals surface area contributed by atoms with Gasteiger partial charge >= 0.3 is 0 Å². The summed E-state index contributed by atoms with van der Waals surface area (Å²) in [5, 5.41) is 2.88. The molecule has 0 aromatic heterocycles. The minimum atomic E-state index is -0.588. The van der Waals surface area contributed by atoms with E-state index in [-0.39, 0.29) is 12.3 Å². The van der Waals surface area contributed by atoms with Crippen LogP contribution in [-0.4, -0.2) is 30.6 Å². The number of hydrogen-bond donors (Lipinski definition) is 2. The van der Waals surface area contributed by atoms with Crippen molar-refractivity contribution in [3.63, 3.8) is 0 Å². The number of primary amides is 1. The van der Waals surface area contributed by atoms with Gasteiger partial charge in [0.25, 0.3) is 0 Å². The molecular weight excluding hydrogens is 256 g/mol. The van der Waals surface area contributed by atoms with Gasteiger partial charge in [0.05, 0.1) is 25.2 Å². The number of nitrogens with one attached hydrogen (secondary N) is 1. The first kappa shape index (κ1) is 14.5. The second-order valence-electron chi connectivity index (χ2n) is 5.45. The maximum atomic E-state index is 12.0. The molecule has 0 radical (unpaired) electrons. The lowest BCUT2D eigenvalue weighted by Crippen LogP contribution is -2.63. The van der Waals surface area contributed by atoms with Crippen LogP contribution in [0.5, 0.6) is 0 Å². The Morgan fingerprint density at radius 2 is 2.15 bits per heavy atom. The molecule has 2 rings (SSSR count). The highest BCUT2D eigenvalue weighted by molar-refractivity contribution is 5.80. The maximum absolute atomic E-state index is 12.0. The SMILES string of the molecule is Cc1cccc(CCC(=O)NC2(CC(N)=O)COC2)c1. The summed E-state index contributed by atoms with van der Waals surface area (Å²) in [6.45, 7) is 2.73. The molecular formula is C15H20N2O3. The fraction of sp³-hybridized carbons (Fsp3) is 0.467. The van der Waals surface area contributed by atoms with E-state index in [1.165, 1.54) is 5.56 Å². The molecule has 0 spiro atoms. The molecule has 0 unspecified atom stereocenters. The molecule has 1 fully saturated rings. The van der Waals surface area contributed by atoms with E-state index in [1.54, 1.807) is 0 Å². The third-order valence-corrected chi connectivity index (χ3v) is 3.40. The summed E-state index contributed by atoms with van der Waals surface area (Å²) < 4.78 is 5.10. The highest BCUT2D eigenvalue weighted by atomic mass is 16.5. The number of carbonyl (C=O) groups excluding carboxylic acids is 2. The fourth-order valence-corrected chi connectivity index (χ4v) is 2.38. The number of amides is 2. The molecule has 0 bridgehead atoms. The second-order valence-corrected chi connectivity index (χ2v) is 5.45. The Kier molecular flexibility index (Phi) is 4.39. The molecule has 108 valence electrons. The molecule has 1 aromatic rings. The van der Waals surface area contributed by atoms with Crippen molar-refractivity contribution < 1.29 is 14.3 Å². The van der Waals surface area contributed by atoms with Gasteiger partial charge in [0.1, 0.15) is 0 Å². The van der Waals surface area contributed by atoms with Gasteiger partial charge in [0.2, 0.25) is 11.8 Å². The third kappa shape index (κ3) is 3.81. The molecule has 1 heterocycles. The van der Waals surface area contributed by atoms with Crippen molar-refractivity contribution >= 4 is 11.8 Å². The van der Waals surface area contributed by atoms with Crippen LogP contribution in [0, 0.1) is 6.92 Å². The highest BCUT2D eigenvalue weighted by Gasteiger charge is 2.41. The van der Waals surface area contributed by atoms with Crippen LogP contribution in [0.1, 0.15) is 24.0 Å². The van der Waals surface area contributed by atoms with Crippen molar-refractivity contribution in [1.82, 2.24) is 5.32 Å². The van der Waals surface area contributed by atoms with Gasteiger partial charge in [0, 0.05) is 6.42 Å². The zero-order chi connectivity index (χ0) is 14.6. The summed E-state index contributed by atoms with van der Waals surface area (Å²) in [7, 11) is 0. The van der Waals surface area contributed by atoms with E-state index in [2.05, 4.69) is 11.4 Å². The van der Waals surface area contributed by atoms with E-state index >= 15 is 0 Å². The van der Waals surface area contributed by atoms with Gasteiger partial charge in [0.15, 0.2) is 0 Å². The van der Waals surface area contributed by atoms with Crippen molar-refractivity contribution in [2.24, 2.45) is 5.73 Å². The number of benzene rings is 1. The Morgan fingerprint density at radius 3 is 2.70 bits per heavy atom. The predicted molar refractivity (Wildman–Crippen MR) is 75.0 cm³/mol. The summed E-state index contributed by atoms with van der Waals surface area (Å²) in [4.78, 5) is 23.0.